The van der Waals surface area contributed by atoms with Gasteiger partial charge in [0.1, 0.15) is 17.1 Å². The molecule has 336 valence electrons. The summed E-state index contributed by atoms with van der Waals surface area (Å²) in [4.78, 5) is 37.0. The zero-order chi connectivity index (χ0) is 44.9. The average molecular weight is 911 g/mol. The molecule has 3 fully saturated rings. The van der Waals surface area contributed by atoms with Crippen molar-refractivity contribution in [2.45, 2.75) is 63.1 Å². The molecular weight excluding hydrogens is 860 g/mol. The number of pyridine rings is 1. The minimum atomic E-state index is -4.64. The van der Waals surface area contributed by atoms with Gasteiger partial charge in [-0.25, -0.2) is 18.1 Å². The van der Waals surface area contributed by atoms with Gasteiger partial charge in [-0.05, 0) is 115 Å². The van der Waals surface area contributed by atoms with E-state index in [1.54, 1.807) is 24.4 Å². The number of hydrogen-bond donors (Lipinski definition) is 4. The Hall–Kier alpha value is -5.52. The molecule has 9 rings (SSSR count). The van der Waals surface area contributed by atoms with Gasteiger partial charge in [-0.15, -0.1) is 0 Å². The standard InChI is InChI=1S/C47H51ClN6O9S/c1-47(2)13-11-30(39(24-47)28-3-5-33(48)6-4-28)26-52-15-17-53(18-16-52)34-7-9-37(42(22-34)63-35-20-29-12-14-49-45(29)50-25-35)46(57)51-64(60,61)36-8-10-41(40(23-36)54(58)59)62-27-32-19-31-21-38(32)44(56)43(31)55/h3-10,12,14,20,22-23,25,31-32,38,43-44,55-56H,11,13,15-19,21,24,26-27H2,1-2H3,(H,49,50)(H,51,57)/t31-,32?,38+,43+,44+/m1/s1. The number of nitro benzene ring substituents is 1. The number of benzene rings is 3. The van der Waals surface area contributed by atoms with Crippen LogP contribution in [0.5, 0.6) is 17.2 Å². The van der Waals surface area contributed by atoms with Gasteiger partial charge in [0.25, 0.3) is 15.9 Å². The Bertz CT molecular complexity index is 2730. The first-order chi connectivity index (χ1) is 30.6. The molecule has 2 aromatic heterocycles. The summed E-state index contributed by atoms with van der Waals surface area (Å²) >= 11 is 6.24. The molecule has 2 bridgehead atoms. The number of aromatic amines is 1. The first-order valence-corrected chi connectivity index (χ1v) is 23.5. The van der Waals surface area contributed by atoms with Crippen LogP contribution in [0, 0.1) is 33.3 Å². The molecule has 15 nitrogen and oxygen atoms in total. The Morgan fingerprint density at radius 1 is 1.00 bits per heavy atom. The number of H-pyrrole nitrogens is 1. The highest BCUT2D eigenvalue weighted by Gasteiger charge is 2.51. The number of nitro groups is 1. The molecule has 1 unspecified atom stereocenters. The van der Waals surface area contributed by atoms with Crippen LogP contribution in [0.4, 0.5) is 11.4 Å². The van der Waals surface area contributed by atoms with E-state index in [-0.39, 0.29) is 46.8 Å². The molecule has 17 heteroatoms. The van der Waals surface area contributed by atoms with Crippen LogP contribution in [-0.2, 0) is 10.0 Å². The number of allylic oxidation sites excluding steroid dienone is 1. The molecule has 1 amide bonds. The second-order valence-corrected chi connectivity index (χ2v) is 20.4. The molecule has 4 aliphatic rings. The summed E-state index contributed by atoms with van der Waals surface area (Å²) in [6.45, 7) is 8.59. The Kier molecular flexibility index (Phi) is 11.9. The van der Waals surface area contributed by atoms with Crippen molar-refractivity contribution in [2.75, 3.05) is 44.2 Å². The number of hydrogen-bond acceptors (Lipinski definition) is 12. The Morgan fingerprint density at radius 2 is 1.78 bits per heavy atom. The Morgan fingerprint density at radius 3 is 2.52 bits per heavy atom. The first kappa shape index (κ1) is 43.7. The third-order valence-electron chi connectivity index (χ3n) is 13.5. The predicted octanol–water partition coefficient (Wildman–Crippen LogP) is 7.58. The molecule has 3 aromatic carbocycles. The monoisotopic (exact) mass is 910 g/mol. The molecule has 1 aliphatic heterocycles. The number of aliphatic hydroxyl groups excluding tert-OH is 2. The highest BCUT2D eigenvalue weighted by Crippen LogP contribution is 2.49. The largest absolute Gasteiger partial charge is 0.487 e. The number of aromatic nitrogens is 2. The molecule has 1 saturated heterocycles. The summed E-state index contributed by atoms with van der Waals surface area (Å²) in [5, 5.41) is 34.1. The lowest BCUT2D eigenvalue weighted by atomic mass is 9.72. The highest BCUT2D eigenvalue weighted by molar-refractivity contribution is 7.90. The molecule has 3 heterocycles. The van der Waals surface area contributed by atoms with Crippen molar-refractivity contribution in [2.24, 2.45) is 23.2 Å². The summed E-state index contributed by atoms with van der Waals surface area (Å²) < 4.78 is 41.6. The third kappa shape index (κ3) is 9.07. The van der Waals surface area contributed by atoms with Gasteiger partial charge in [-0.1, -0.05) is 43.2 Å². The second kappa shape index (κ2) is 17.5. The van der Waals surface area contributed by atoms with E-state index in [4.69, 9.17) is 21.1 Å². The zero-order valence-corrected chi connectivity index (χ0v) is 37.1. The summed E-state index contributed by atoms with van der Waals surface area (Å²) in [6.07, 6.45) is 6.00. The molecule has 0 radical (unpaired) electrons. The van der Waals surface area contributed by atoms with Gasteiger partial charge in [0.15, 0.2) is 5.75 Å². The number of aliphatic hydroxyl groups is 2. The second-order valence-electron chi connectivity index (χ2n) is 18.3. The molecule has 64 heavy (non-hydrogen) atoms. The van der Waals surface area contributed by atoms with Gasteiger partial charge in [0, 0.05) is 67.1 Å². The number of ether oxygens (including phenoxy) is 2. The van der Waals surface area contributed by atoms with Gasteiger partial charge in [0.05, 0.1) is 40.4 Å². The number of nitrogens with one attached hydrogen (secondary N) is 2. The van der Waals surface area contributed by atoms with E-state index in [1.807, 2.05) is 18.2 Å². The molecule has 5 aromatic rings. The van der Waals surface area contributed by atoms with E-state index in [9.17, 15) is 33.5 Å². The van der Waals surface area contributed by atoms with Crippen molar-refractivity contribution >= 4 is 55.5 Å². The fraction of sp³-hybridized carbons (Fsp3) is 0.404. The van der Waals surface area contributed by atoms with E-state index in [0.717, 1.165) is 67.1 Å². The average Bonchev–Trinajstić information content (AvgIpc) is 3.99. The normalized spacial score (nSPS) is 23.4. The number of anilines is 1. The van der Waals surface area contributed by atoms with E-state index in [0.29, 0.717) is 37.3 Å². The maximum absolute atomic E-state index is 13.9. The number of halogens is 1. The number of piperazine rings is 1. The maximum atomic E-state index is 13.9. The highest BCUT2D eigenvalue weighted by atomic mass is 35.5. The van der Waals surface area contributed by atoms with Crippen molar-refractivity contribution in [3.05, 3.63) is 117 Å². The van der Waals surface area contributed by atoms with E-state index in [1.165, 1.54) is 35.0 Å². The molecule has 3 aliphatic carbocycles. The zero-order valence-electron chi connectivity index (χ0n) is 35.6. The number of carbonyl (C=O) groups excluding carboxylic acids is 1. The van der Waals surface area contributed by atoms with Crippen LogP contribution in [0.15, 0.2) is 95.7 Å². The fourth-order valence-electron chi connectivity index (χ4n) is 9.96. The summed E-state index contributed by atoms with van der Waals surface area (Å²) in [6, 6.07) is 19.9. The van der Waals surface area contributed by atoms with Gasteiger partial charge >= 0.3 is 5.69 Å². The Balaban J connectivity index is 0.920. The topological polar surface area (TPSA) is 200 Å². The SMILES string of the molecule is CC1(C)CCC(CN2CCN(c3ccc(C(=O)NS(=O)(=O)c4ccc(OCC5C[C@@H]6C[C@@H]5[C@H](O)[C@H]6O)c([N+](=O)[O-])c4)c(Oc4cnc5[nH]ccc5c4)c3)CC2)=C(c2ccc(Cl)cc2)C1. The summed E-state index contributed by atoms with van der Waals surface area (Å²) in [5.41, 5.74) is 5.05. The summed E-state index contributed by atoms with van der Waals surface area (Å²) in [5.74, 6) is -1.09. The predicted molar refractivity (Wildman–Crippen MR) is 242 cm³/mol. The van der Waals surface area contributed by atoms with Crippen molar-refractivity contribution in [3.8, 4) is 17.2 Å². The van der Waals surface area contributed by atoms with Crippen molar-refractivity contribution < 1.29 is 37.8 Å². The lowest BCUT2D eigenvalue weighted by molar-refractivity contribution is -0.386. The lowest BCUT2D eigenvalue weighted by Crippen LogP contribution is -2.47. The lowest BCUT2D eigenvalue weighted by Gasteiger charge is -2.39. The van der Waals surface area contributed by atoms with Crippen molar-refractivity contribution in [1.82, 2.24) is 19.6 Å². The van der Waals surface area contributed by atoms with Crippen LogP contribution in [-0.4, -0.2) is 95.9 Å². The molecule has 2 saturated carbocycles. The van der Waals surface area contributed by atoms with E-state index < -0.39 is 43.6 Å². The molecule has 4 N–H and O–H groups in total. The third-order valence-corrected chi connectivity index (χ3v) is 15.1. The van der Waals surface area contributed by atoms with Crippen LogP contribution in [0.1, 0.15) is 61.9 Å². The maximum Gasteiger partial charge on any atom is 0.312 e. The van der Waals surface area contributed by atoms with Crippen LogP contribution < -0.4 is 19.1 Å². The van der Waals surface area contributed by atoms with Crippen molar-refractivity contribution in [3.63, 3.8) is 0 Å². The van der Waals surface area contributed by atoms with Gasteiger partial charge in [-0.2, -0.15) is 0 Å². The minimum Gasteiger partial charge on any atom is -0.487 e. The van der Waals surface area contributed by atoms with Crippen LogP contribution in [0.3, 0.4) is 0 Å². The van der Waals surface area contributed by atoms with E-state index >= 15 is 0 Å². The number of carbonyl (C=O) groups is 1. The Labute approximate surface area is 376 Å². The van der Waals surface area contributed by atoms with Crippen LogP contribution in [0.2, 0.25) is 5.02 Å². The first-order valence-electron chi connectivity index (χ1n) is 21.6. The molecular formula is C47H51ClN6O9S. The number of amides is 1. The smallest absolute Gasteiger partial charge is 0.312 e. The summed E-state index contributed by atoms with van der Waals surface area (Å²) in [7, 11) is -4.64. The van der Waals surface area contributed by atoms with Gasteiger partial charge in [-0.3, -0.25) is 19.8 Å². The van der Waals surface area contributed by atoms with Crippen LogP contribution >= 0.6 is 11.6 Å². The number of sulfonamides is 1. The van der Waals surface area contributed by atoms with Gasteiger partial charge < -0.3 is 29.6 Å². The number of fused-ring (bicyclic) bond motifs is 3. The fourth-order valence-corrected chi connectivity index (χ4v) is 11.1. The van der Waals surface area contributed by atoms with Crippen LogP contribution in [0.25, 0.3) is 16.6 Å². The molecule has 5 atom stereocenters. The van der Waals surface area contributed by atoms with Crippen molar-refractivity contribution in [1.29, 1.82) is 0 Å². The minimum absolute atomic E-state index is 0.0540. The van der Waals surface area contributed by atoms with Gasteiger partial charge in [0.2, 0.25) is 0 Å². The number of nitrogens with zero attached hydrogens (tertiary/aromatic N) is 4. The quantitative estimate of drug-likeness (QED) is 0.0668. The number of rotatable bonds is 13. The van der Waals surface area contributed by atoms with E-state index in [2.05, 4.69) is 50.5 Å². The molecule has 0 spiro atoms.